The maximum atomic E-state index is 5.00. The first kappa shape index (κ1) is 19.7. The van der Waals surface area contributed by atoms with Crippen molar-refractivity contribution in [2.24, 2.45) is 0 Å². The van der Waals surface area contributed by atoms with Crippen LogP contribution in [0.2, 0.25) is 0 Å². The zero-order valence-corrected chi connectivity index (χ0v) is 16.9. The van der Waals surface area contributed by atoms with E-state index in [2.05, 4.69) is 30.9 Å². The van der Waals surface area contributed by atoms with Crippen LogP contribution in [-0.2, 0) is 11.3 Å². The molecule has 0 bridgehead atoms. The van der Waals surface area contributed by atoms with Gasteiger partial charge in [0.05, 0.1) is 13.2 Å². The molecule has 10 heteroatoms. The number of hydrogen-bond donors (Lipinski definition) is 1. The number of aryl methyl sites for hydroxylation is 1. The number of methoxy groups -OCH3 is 1. The fraction of sp³-hybridized carbons (Fsp3) is 0.471. The van der Waals surface area contributed by atoms with Gasteiger partial charge in [-0.2, -0.15) is 4.80 Å². The van der Waals surface area contributed by atoms with Gasteiger partial charge in [0.15, 0.2) is 4.34 Å². The van der Waals surface area contributed by atoms with E-state index in [0.29, 0.717) is 12.4 Å². The molecule has 0 spiro atoms. The number of benzene rings is 1. The van der Waals surface area contributed by atoms with Crippen LogP contribution in [0.5, 0.6) is 0 Å². The molecule has 0 aliphatic heterocycles. The maximum Gasteiger partial charge on any atom is 0.206 e. The Hall–Kier alpha value is -2.04. The minimum atomic E-state index is 0.662. The lowest BCUT2D eigenvalue weighted by molar-refractivity contribution is 0.211. The highest BCUT2D eigenvalue weighted by Gasteiger charge is 2.06. The van der Waals surface area contributed by atoms with Crippen LogP contribution < -0.4 is 5.32 Å². The molecule has 0 unspecified atom stereocenters. The summed E-state index contributed by atoms with van der Waals surface area (Å²) in [6, 6.07) is 9.91. The van der Waals surface area contributed by atoms with Crippen LogP contribution in [0.4, 0.5) is 5.13 Å². The summed E-state index contributed by atoms with van der Waals surface area (Å²) in [5.41, 5.74) is 0.994. The SMILES string of the molecule is COCCNc1nnc(SCCCCCn2nnc(-c3ccccc3)n2)s1. The zero-order chi connectivity index (χ0) is 18.7. The molecule has 0 radical (unpaired) electrons. The lowest BCUT2D eigenvalue weighted by Gasteiger charge is -2.00. The van der Waals surface area contributed by atoms with E-state index in [1.165, 1.54) is 0 Å². The Labute approximate surface area is 166 Å². The maximum absolute atomic E-state index is 5.00. The molecular formula is C17H23N7OS2. The normalized spacial score (nSPS) is 11.0. The summed E-state index contributed by atoms with van der Waals surface area (Å²) in [4.78, 5) is 1.68. The first-order chi connectivity index (χ1) is 13.3. The van der Waals surface area contributed by atoms with Crippen LogP contribution in [0.1, 0.15) is 19.3 Å². The molecule has 1 aromatic carbocycles. The number of tetrazole rings is 1. The molecule has 0 aliphatic carbocycles. The molecule has 0 amide bonds. The van der Waals surface area contributed by atoms with Crippen LogP contribution in [-0.4, -0.2) is 56.4 Å². The Morgan fingerprint density at radius 1 is 1.11 bits per heavy atom. The van der Waals surface area contributed by atoms with Gasteiger partial charge < -0.3 is 10.1 Å². The largest absolute Gasteiger partial charge is 0.383 e. The third-order valence-electron chi connectivity index (χ3n) is 3.70. The Balaban J connectivity index is 1.29. The van der Waals surface area contributed by atoms with E-state index in [1.807, 2.05) is 30.3 Å². The molecule has 144 valence electrons. The second-order valence-electron chi connectivity index (χ2n) is 5.78. The number of rotatable bonds is 12. The second kappa shape index (κ2) is 11.0. The van der Waals surface area contributed by atoms with Crippen LogP contribution >= 0.6 is 23.1 Å². The van der Waals surface area contributed by atoms with Gasteiger partial charge in [0.25, 0.3) is 0 Å². The fourth-order valence-electron chi connectivity index (χ4n) is 2.33. The summed E-state index contributed by atoms with van der Waals surface area (Å²) in [5, 5.41) is 25.0. The van der Waals surface area contributed by atoms with Crippen molar-refractivity contribution in [1.82, 2.24) is 30.4 Å². The van der Waals surface area contributed by atoms with Crippen molar-refractivity contribution < 1.29 is 4.74 Å². The van der Waals surface area contributed by atoms with Gasteiger partial charge in [-0.15, -0.1) is 20.4 Å². The van der Waals surface area contributed by atoms with Gasteiger partial charge in [-0.1, -0.05) is 59.9 Å². The van der Waals surface area contributed by atoms with E-state index in [9.17, 15) is 0 Å². The van der Waals surface area contributed by atoms with Gasteiger partial charge in [0, 0.05) is 25.0 Å². The number of nitrogens with one attached hydrogen (secondary N) is 1. The third-order valence-corrected chi connectivity index (χ3v) is 5.80. The number of nitrogens with zero attached hydrogens (tertiary/aromatic N) is 6. The van der Waals surface area contributed by atoms with Crippen molar-refractivity contribution in [3.05, 3.63) is 30.3 Å². The highest BCUT2D eigenvalue weighted by molar-refractivity contribution is 8.01. The number of hydrogen-bond acceptors (Lipinski definition) is 9. The zero-order valence-electron chi connectivity index (χ0n) is 15.2. The van der Waals surface area contributed by atoms with Gasteiger partial charge in [-0.25, -0.2) is 0 Å². The number of anilines is 1. The molecule has 2 heterocycles. The fourth-order valence-corrected chi connectivity index (χ4v) is 4.18. The average molecular weight is 406 g/mol. The van der Waals surface area contributed by atoms with Gasteiger partial charge in [0.1, 0.15) is 0 Å². The average Bonchev–Trinajstić information content (AvgIpc) is 3.35. The summed E-state index contributed by atoms with van der Waals surface area (Å²) >= 11 is 3.34. The van der Waals surface area contributed by atoms with E-state index in [-0.39, 0.29) is 0 Å². The van der Waals surface area contributed by atoms with E-state index < -0.39 is 0 Å². The topological polar surface area (TPSA) is 90.6 Å². The van der Waals surface area contributed by atoms with Crippen molar-refractivity contribution in [1.29, 1.82) is 0 Å². The smallest absolute Gasteiger partial charge is 0.206 e. The highest BCUT2D eigenvalue weighted by atomic mass is 32.2. The van der Waals surface area contributed by atoms with Crippen molar-refractivity contribution in [2.75, 3.05) is 31.3 Å². The first-order valence-corrected chi connectivity index (χ1v) is 10.7. The third kappa shape index (κ3) is 6.56. The molecule has 3 rings (SSSR count). The lowest BCUT2D eigenvalue weighted by Crippen LogP contribution is -2.06. The van der Waals surface area contributed by atoms with Crippen molar-refractivity contribution in [3.8, 4) is 11.4 Å². The van der Waals surface area contributed by atoms with E-state index in [4.69, 9.17) is 4.74 Å². The number of ether oxygens (including phenoxy) is 1. The molecule has 2 aromatic heterocycles. The summed E-state index contributed by atoms with van der Waals surface area (Å²) < 4.78 is 6.00. The van der Waals surface area contributed by atoms with Gasteiger partial charge in [-0.05, 0) is 18.1 Å². The van der Waals surface area contributed by atoms with Crippen LogP contribution in [0, 0.1) is 0 Å². The Kier molecular flexibility index (Phi) is 8.00. The quantitative estimate of drug-likeness (QED) is 0.363. The van der Waals surface area contributed by atoms with E-state index in [0.717, 1.165) is 53.1 Å². The summed E-state index contributed by atoms with van der Waals surface area (Å²) in [6.45, 7) is 2.20. The standard InChI is InChI=1S/C17H23N7OS2/c1-25-12-10-18-16-20-21-17(27-16)26-13-7-3-6-11-24-22-15(19-23-24)14-8-4-2-5-9-14/h2,4-5,8-9H,3,6-7,10-13H2,1H3,(H,18,20). The number of thioether (sulfide) groups is 1. The van der Waals surface area contributed by atoms with Crippen LogP contribution in [0.15, 0.2) is 34.7 Å². The Bertz CT molecular complexity index is 793. The van der Waals surface area contributed by atoms with Crippen molar-refractivity contribution in [2.45, 2.75) is 30.1 Å². The number of aromatic nitrogens is 6. The molecular weight excluding hydrogens is 382 g/mol. The molecule has 8 nitrogen and oxygen atoms in total. The Morgan fingerprint density at radius 2 is 2.00 bits per heavy atom. The van der Waals surface area contributed by atoms with Crippen molar-refractivity contribution >= 4 is 28.2 Å². The van der Waals surface area contributed by atoms with Gasteiger partial charge in [0.2, 0.25) is 11.0 Å². The summed E-state index contributed by atoms with van der Waals surface area (Å²) in [6.07, 6.45) is 3.27. The molecule has 0 saturated heterocycles. The second-order valence-corrected chi connectivity index (χ2v) is 8.10. The van der Waals surface area contributed by atoms with Crippen molar-refractivity contribution in [3.63, 3.8) is 0 Å². The minimum Gasteiger partial charge on any atom is -0.383 e. The highest BCUT2D eigenvalue weighted by Crippen LogP contribution is 2.26. The predicted molar refractivity (Wildman–Crippen MR) is 108 cm³/mol. The predicted octanol–water partition coefficient (Wildman–Crippen LogP) is 3.21. The molecule has 0 aliphatic rings. The Morgan fingerprint density at radius 3 is 2.85 bits per heavy atom. The monoisotopic (exact) mass is 405 g/mol. The molecule has 1 N–H and O–H groups in total. The van der Waals surface area contributed by atoms with Crippen LogP contribution in [0.25, 0.3) is 11.4 Å². The van der Waals surface area contributed by atoms with Gasteiger partial charge in [-0.3, -0.25) is 0 Å². The van der Waals surface area contributed by atoms with E-state index in [1.54, 1.807) is 35.0 Å². The number of unbranched alkanes of at least 4 members (excludes halogenated alkanes) is 2. The minimum absolute atomic E-state index is 0.662. The first-order valence-electron chi connectivity index (χ1n) is 8.87. The lowest BCUT2D eigenvalue weighted by atomic mass is 10.2. The van der Waals surface area contributed by atoms with Gasteiger partial charge >= 0.3 is 0 Å². The van der Waals surface area contributed by atoms with E-state index >= 15 is 0 Å². The molecule has 3 aromatic rings. The van der Waals surface area contributed by atoms with Crippen LogP contribution in [0.3, 0.4) is 0 Å². The molecule has 0 atom stereocenters. The molecule has 27 heavy (non-hydrogen) atoms. The summed E-state index contributed by atoms with van der Waals surface area (Å²) in [5.74, 6) is 1.71. The summed E-state index contributed by atoms with van der Waals surface area (Å²) in [7, 11) is 1.68. The molecule has 0 saturated carbocycles. The molecule has 0 fully saturated rings.